The third kappa shape index (κ3) is 4.42. The molecule has 4 nitrogen and oxygen atoms in total. The van der Waals surface area contributed by atoms with E-state index in [1.165, 1.54) is 23.5 Å². The van der Waals surface area contributed by atoms with Gasteiger partial charge in [-0.2, -0.15) is 13.2 Å². The third-order valence-corrected chi connectivity index (χ3v) is 4.13. The number of carbonyl (C=O) groups excluding carboxylic acids is 1. The molecule has 0 radical (unpaired) electrons. The number of hydrogen-bond donors (Lipinski definition) is 1. The molecule has 0 aliphatic heterocycles. The number of pyridine rings is 1. The van der Waals surface area contributed by atoms with E-state index >= 15 is 0 Å². The van der Waals surface area contributed by atoms with Crippen LogP contribution in [0, 0.1) is 0 Å². The number of nitrogens with zero attached hydrogens (tertiary/aromatic N) is 2. The van der Waals surface area contributed by atoms with Crippen molar-refractivity contribution < 1.29 is 18.0 Å². The summed E-state index contributed by atoms with van der Waals surface area (Å²) in [4.78, 5) is 20.3. The van der Waals surface area contributed by atoms with Crippen molar-refractivity contribution in [2.24, 2.45) is 0 Å². The highest BCUT2D eigenvalue weighted by molar-refractivity contribution is 7.14. The molecule has 0 aliphatic rings. The molecule has 1 aromatic carbocycles. The number of aromatic nitrogens is 2. The Morgan fingerprint density at radius 3 is 2.40 bits per heavy atom. The van der Waals surface area contributed by atoms with Gasteiger partial charge in [0.05, 0.1) is 17.7 Å². The van der Waals surface area contributed by atoms with Crippen molar-refractivity contribution in [1.82, 2.24) is 9.97 Å². The van der Waals surface area contributed by atoms with Gasteiger partial charge in [0.25, 0.3) is 0 Å². The molecular weight excluding hydrogens is 351 g/mol. The van der Waals surface area contributed by atoms with Crippen molar-refractivity contribution >= 4 is 22.4 Å². The van der Waals surface area contributed by atoms with Gasteiger partial charge >= 0.3 is 6.18 Å². The van der Waals surface area contributed by atoms with Gasteiger partial charge in [-0.3, -0.25) is 9.78 Å². The largest absolute Gasteiger partial charge is 0.416 e. The number of amides is 1. The maximum Gasteiger partial charge on any atom is 0.416 e. The number of anilines is 1. The van der Waals surface area contributed by atoms with E-state index in [0.717, 1.165) is 23.4 Å². The van der Waals surface area contributed by atoms with Gasteiger partial charge in [0.15, 0.2) is 5.13 Å². The fraction of sp³-hybridized carbons (Fsp3) is 0.118. The van der Waals surface area contributed by atoms with Crippen LogP contribution < -0.4 is 5.32 Å². The first-order valence-electron chi connectivity index (χ1n) is 7.24. The number of nitrogens with one attached hydrogen (secondary N) is 1. The Labute approximate surface area is 145 Å². The second-order valence-corrected chi connectivity index (χ2v) is 6.05. The Hall–Kier alpha value is -2.74. The lowest BCUT2D eigenvalue weighted by molar-refractivity contribution is -0.137. The molecule has 0 atom stereocenters. The molecule has 0 fully saturated rings. The molecule has 1 amide bonds. The van der Waals surface area contributed by atoms with Gasteiger partial charge < -0.3 is 5.32 Å². The lowest BCUT2D eigenvalue weighted by atomic mass is 10.1. The van der Waals surface area contributed by atoms with Crippen molar-refractivity contribution in [2.45, 2.75) is 12.6 Å². The molecule has 0 saturated carbocycles. The van der Waals surface area contributed by atoms with Gasteiger partial charge in [0.1, 0.15) is 0 Å². The molecule has 1 N–H and O–H groups in total. The zero-order valence-electron chi connectivity index (χ0n) is 12.7. The molecule has 0 aliphatic carbocycles. The number of benzene rings is 1. The third-order valence-electron chi connectivity index (χ3n) is 3.37. The Balaban J connectivity index is 1.62. The smallest absolute Gasteiger partial charge is 0.302 e. The van der Waals surface area contributed by atoms with E-state index in [0.29, 0.717) is 10.7 Å². The fourth-order valence-electron chi connectivity index (χ4n) is 2.15. The van der Waals surface area contributed by atoms with Crippen molar-refractivity contribution in [2.75, 3.05) is 5.32 Å². The summed E-state index contributed by atoms with van der Waals surface area (Å²) in [5.74, 6) is -0.338. The highest BCUT2D eigenvalue weighted by Crippen LogP contribution is 2.29. The predicted octanol–water partition coefficient (Wildman–Crippen LogP) is 4.41. The summed E-state index contributed by atoms with van der Waals surface area (Å²) in [6, 6.07) is 8.14. The average molecular weight is 363 g/mol. The van der Waals surface area contributed by atoms with Crippen LogP contribution >= 0.6 is 11.3 Å². The number of hydrogen-bond acceptors (Lipinski definition) is 4. The second-order valence-electron chi connectivity index (χ2n) is 5.19. The molecule has 0 bridgehead atoms. The topological polar surface area (TPSA) is 54.9 Å². The molecule has 2 aromatic heterocycles. The maximum absolute atomic E-state index is 12.5. The van der Waals surface area contributed by atoms with E-state index < -0.39 is 11.7 Å². The number of halogens is 3. The molecule has 0 unspecified atom stereocenters. The van der Waals surface area contributed by atoms with E-state index in [4.69, 9.17) is 0 Å². The Morgan fingerprint density at radius 2 is 1.76 bits per heavy atom. The van der Waals surface area contributed by atoms with Crippen LogP contribution in [0.15, 0.2) is 54.2 Å². The molecule has 0 spiro atoms. The van der Waals surface area contributed by atoms with Gasteiger partial charge in [-0.1, -0.05) is 12.1 Å². The minimum atomic E-state index is -4.38. The van der Waals surface area contributed by atoms with Crippen LogP contribution in [0.3, 0.4) is 0 Å². The second kappa shape index (κ2) is 7.02. The summed E-state index contributed by atoms with van der Waals surface area (Å²) in [5.41, 5.74) is 1.36. The quantitative estimate of drug-likeness (QED) is 0.747. The lowest BCUT2D eigenvalue weighted by Gasteiger charge is -2.07. The van der Waals surface area contributed by atoms with Crippen LogP contribution in [0.1, 0.15) is 11.1 Å². The van der Waals surface area contributed by atoms with Crippen LogP contribution in [0.2, 0.25) is 0 Å². The van der Waals surface area contributed by atoms with E-state index in [1.807, 2.05) is 17.5 Å². The van der Waals surface area contributed by atoms with E-state index in [-0.39, 0.29) is 12.3 Å². The van der Waals surface area contributed by atoms with Gasteiger partial charge in [-0.25, -0.2) is 4.98 Å². The minimum absolute atomic E-state index is 0.0255. The first-order valence-corrected chi connectivity index (χ1v) is 8.12. The summed E-state index contributed by atoms with van der Waals surface area (Å²) in [7, 11) is 0. The maximum atomic E-state index is 12.5. The highest BCUT2D eigenvalue weighted by Gasteiger charge is 2.29. The number of alkyl halides is 3. The van der Waals surface area contributed by atoms with Crippen LogP contribution in [0.25, 0.3) is 11.3 Å². The molecule has 3 rings (SSSR count). The fourth-order valence-corrected chi connectivity index (χ4v) is 2.88. The zero-order valence-corrected chi connectivity index (χ0v) is 13.6. The standard InChI is InChI=1S/C17H12F3N3OS/c18-17(19,20)13-3-1-11(2-4-13)9-15(24)23-16-22-14(10-25-16)12-5-7-21-8-6-12/h1-8,10H,9H2,(H,22,23,24). The van der Waals surface area contributed by atoms with Crippen LogP contribution in [0.4, 0.5) is 18.3 Å². The lowest BCUT2D eigenvalue weighted by Crippen LogP contribution is -2.14. The van der Waals surface area contributed by atoms with Crippen molar-refractivity contribution in [3.8, 4) is 11.3 Å². The van der Waals surface area contributed by atoms with E-state index in [1.54, 1.807) is 12.4 Å². The number of carbonyl (C=O) groups is 1. The number of thiazole rings is 1. The predicted molar refractivity (Wildman–Crippen MR) is 89.1 cm³/mol. The normalized spacial score (nSPS) is 11.3. The Bertz CT molecular complexity index is 861. The summed E-state index contributed by atoms with van der Waals surface area (Å²) >= 11 is 1.28. The summed E-state index contributed by atoms with van der Waals surface area (Å²) in [6.07, 6.45) is -1.11. The summed E-state index contributed by atoms with van der Waals surface area (Å²) < 4.78 is 37.6. The number of rotatable bonds is 4. The zero-order chi connectivity index (χ0) is 17.9. The van der Waals surface area contributed by atoms with Gasteiger partial charge in [-0.05, 0) is 29.8 Å². The van der Waals surface area contributed by atoms with Gasteiger partial charge in [0, 0.05) is 23.3 Å². The molecule has 128 valence electrons. The molecule has 2 heterocycles. The van der Waals surface area contributed by atoms with Crippen molar-refractivity contribution in [1.29, 1.82) is 0 Å². The molecule has 8 heteroatoms. The molecule has 0 saturated heterocycles. The minimum Gasteiger partial charge on any atom is -0.302 e. The average Bonchev–Trinajstić information content (AvgIpc) is 3.03. The van der Waals surface area contributed by atoms with Crippen LogP contribution in [0.5, 0.6) is 0 Å². The monoisotopic (exact) mass is 363 g/mol. The molecule has 25 heavy (non-hydrogen) atoms. The van der Waals surface area contributed by atoms with E-state index in [9.17, 15) is 18.0 Å². The highest BCUT2D eigenvalue weighted by atomic mass is 32.1. The van der Waals surface area contributed by atoms with Gasteiger partial charge in [-0.15, -0.1) is 11.3 Å². The molecular formula is C17H12F3N3OS. The van der Waals surface area contributed by atoms with Crippen LogP contribution in [-0.2, 0) is 17.4 Å². The van der Waals surface area contributed by atoms with Gasteiger partial charge in [0.2, 0.25) is 5.91 Å². The summed E-state index contributed by atoms with van der Waals surface area (Å²) in [6.45, 7) is 0. The first kappa shape index (κ1) is 17.1. The van der Waals surface area contributed by atoms with Crippen molar-refractivity contribution in [3.05, 3.63) is 65.3 Å². The first-order chi connectivity index (χ1) is 11.9. The van der Waals surface area contributed by atoms with E-state index in [2.05, 4.69) is 15.3 Å². The van der Waals surface area contributed by atoms with Crippen LogP contribution in [-0.4, -0.2) is 15.9 Å². The Kier molecular flexibility index (Phi) is 4.80. The summed E-state index contributed by atoms with van der Waals surface area (Å²) in [5, 5.41) is 4.90. The Morgan fingerprint density at radius 1 is 1.08 bits per heavy atom. The SMILES string of the molecule is O=C(Cc1ccc(C(F)(F)F)cc1)Nc1nc(-c2ccncc2)cs1. The van der Waals surface area contributed by atoms with Crippen molar-refractivity contribution in [3.63, 3.8) is 0 Å². The molecule has 3 aromatic rings.